The minimum absolute atomic E-state index is 0.223. The van der Waals surface area contributed by atoms with Gasteiger partial charge >= 0.3 is 0 Å². The van der Waals surface area contributed by atoms with Gasteiger partial charge in [-0.05, 0) is 6.92 Å². The maximum atomic E-state index is 4.37. The smallest absolute Gasteiger partial charge is 0.169 e. The van der Waals surface area contributed by atoms with Crippen LogP contribution in [0.1, 0.15) is 18.0 Å². The second kappa shape index (κ2) is 4.21. The highest BCUT2D eigenvalue weighted by Gasteiger charge is 2.13. The molecule has 3 aromatic rings. The van der Waals surface area contributed by atoms with Gasteiger partial charge in [0.05, 0.1) is 5.25 Å². The van der Waals surface area contributed by atoms with Crippen LogP contribution in [0.3, 0.4) is 0 Å². The molecule has 1 N–H and O–H groups in total. The number of aromatic nitrogens is 5. The maximum Gasteiger partial charge on any atom is 0.169 e. The molecule has 0 amide bonds. The summed E-state index contributed by atoms with van der Waals surface area (Å²) in [5, 5.41) is 1.14. The van der Waals surface area contributed by atoms with Crippen molar-refractivity contribution in [1.29, 1.82) is 0 Å². The van der Waals surface area contributed by atoms with E-state index in [-0.39, 0.29) is 5.25 Å². The van der Waals surface area contributed by atoms with E-state index in [1.54, 1.807) is 30.4 Å². The number of rotatable bonds is 3. The third kappa shape index (κ3) is 1.91. The fourth-order valence-corrected chi connectivity index (χ4v) is 2.60. The molecule has 1 atom stereocenters. The fourth-order valence-electron chi connectivity index (χ4n) is 1.64. The summed E-state index contributed by atoms with van der Waals surface area (Å²) in [5.74, 6) is 0.949. The quantitative estimate of drug-likeness (QED) is 0.719. The zero-order valence-corrected chi connectivity index (χ0v) is 10.1. The van der Waals surface area contributed by atoms with E-state index in [1.165, 1.54) is 0 Å². The number of fused-ring (bicyclic) bond motifs is 1. The second-order valence-electron chi connectivity index (χ2n) is 3.63. The number of H-pyrrole nitrogens is 1. The number of thioether (sulfide) groups is 1. The van der Waals surface area contributed by atoms with Gasteiger partial charge in [-0.15, -0.1) is 0 Å². The van der Waals surface area contributed by atoms with Crippen LogP contribution in [-0.4, -0.2) is 24.3 Å². The van der Waals surface area contributed by atoms with E-state index < -0.39 is 0 Å². The van der Waals surface area contributed by atoms with E-state index in [0.29, 0.717) is 0 Å². The molecule has 0 bridgehead atoms. The number of aromatic amines is 1. The Morgan fingerprint density at radius 2 is 2.00 bits per heavy atom. The molecule has 0 spiro atoms. The molecule has 5 nitrogen and oxygen atoms in total. The Balaban J connectivity index is 1.92. The number of nitrogens with zero attached hydrogens (tertiary/aromatic N) is 4. The van der Waals surface area contributed by atoms with Gasteiger partial charge in [-0.1, -0.05) is 11.8 Å². The molecule has 0 aliphatic carbocycles. The van der Waals surface area contributed by atoms with E-state index in [1.807, 2.05) is 23.0 Å². The number of imidazole rings is 2. The molecule has 0 fully saturated rings. The first-order valence-corrected chi connectivity index (χ1v) is 6.16. The van der Waals surface area contributed by atoms with Crippen molar-refractivity contribution in [2.75, 3.05) is 0 Å². The molecule has 0 aliphatic heterocycles. The number of hydrogen-bond acceptors (Lipinski definition) is 4. The molecule has 6 heteroatoms. The van der Waals surface area contributed by atoms with E-state index in [4.69, 9.17) is 0 Å². The standard InChI is InChI=1S/C11H11N5S/c1-8(9-12-2-3-13-9)17-11-10-14-4-6-16(10)7-5-15-11/h2-8H,1H3,(H,12,13). The lowest BCUT2D eigenvalue weighted by atomic mass is 10.5. The van der Waals surface area contributed by atoms with Crippen molar-refractivity contribution in [3.05, 3.63) is 43.0 Å². The molecule has 0 saturated heterocycles. The van der Waals surface area contributed by atoms with Crippen LogP contribution in [0.5, 0.6) is 0 Å². The predicted molar refractivity (Wildman–Crippen MR) is 65.8 cm³/mol. The van der Waals surface area contributed by atoms with Gasteiger partial charge in [-0.25, -0.2) is 15.0 Å². The number of hydrogen-bond donors (Lipinski definition) is 1. The lowest BCUT2D eigenvalue weighted by Crippen LogP contribution is -1.95. The van der Waals surface area contributed by atoms with Crippen molar-refractivity contribution < 1.29 is 0 Å². The third-order valence-corrected chi connectivity index (χ3v) is 3.56. The van der Waals surface area contributed by atoms with Gasteiger partial charge in [0.1, 0.15) is 10.9 Å². The van der Waals surface area contributed by atoms with Crippen molar-refractivity contribution >= 4 is 17.4 Å². The Kier molecular flexibility index (Phi) is 2.56. The third-order valence-electron chi connectivity index (χ3n) is 2.47. The topological polar surface area (TPSA) is 58.9 Å². The first-order valence-electron chi connectivity index (χ1n) is 5.28. The Labute approximate surface area is 102 Å². The van der Waals surface area contributed by atoms with E-state index >= 15 is 0 Å². The molecule has 86 valence electrons. The Hall–Kier alpha value is -1.82. The largest absolute Gasteiger partial charge is 0.348 e. The first kappa shape index (κ1) is 10.3. The predicted octanol–water partition coefficient (Wildman–Crippen LogP) is 2.31. The summed E-state index contributed by atoms with van der Waals surface area (Å²) < 4.78 is 1.96. The van der Waals surface area contributed by atoms with Gasteiger partial charge in [0.2, 0.25) is 0 Å². The van der Waals surface area contributed by atoms with Crippen molar-refractivity contribution in [1.82, 2.24) is 24.3 Å². The van der Waals surface area contributed by atoms with Crippen LogP contribution in [0.25, 0.3) is 5.65 Å². The Morgan fingerprint density at radius 3 is 2.76 bits per heavy atom. The van der Waals surface area contributed by atoms with Crippen LogP contribution in [0.2, 0.25) is 0 Å². The lowest BCUT2D eigenvalue weighted by molar-refractivity contribution is 0.950. The van der Waals surface area contributed by atoms with E-state index in [0.717, 1.165) is 16.5 Å². The summed E-state index contributed by atoms with van der Waals surface area (Å²) in [6.45, 7) is 2.09. The zero-order chi connectivity index (χ0) is 11.7. The van der Waals surface area contributed by atoms with Gasteiger partial charge < -0.3 is 9.38 Å². The molecule has 3 aromatic heterocycles. The van der Waals surface area contributed by atoms with Gasteiger partial charge in [-0.2, -0.15) is 0 Å². The van der Waals surface area contributed by atoms with E-state index in [9.17, 15) is 0 Å². The normalized spacial score (nSPS) is 13.0. The zero-order valence-electron chi connectivity index (χ0n) is 9.24. The molecular formula is C11H11N5S. The van der Waals surface area contributed by atoms with Crippen molar-refractivity contribution in [2.45, 2.75) is 17.2 Å². The fraction of sp³-hybridized carbons (Fsp3) is 0.182. The minimum Gasteiger partial charge on any atom is -0.348 e. The summed E-state index contributed by atoms with van der Waals surface area (Å²) >= 11 is 1.65. The molecule has 3 heterocycles. The molecule has 17 heavy (non-hydrogen) atoms. The summed E-state index contributed by atoms with van der Waals surface area (Å²) in [6.07, 6.45) is 11.0. The minimum atomic E-state index is 0.223. The summed E-state index contributed by atoms with van der Waals surface area (Å²) in [6, 6.07) is 0. The SMILES string of the molecule is CC(Sc1nccn2ccnc12)c1ncc[nH]1. The molecule has 0 aliphatic rings. The molecule has 3 rings (SSSR count). The van der Waals surface area contributed by atoms with Crippen LogP contribution >= 0.6 is 11.8 Å². The van der Waals surface area contributed by atoms with E-state index in [2.05, 4.69) is 26.9 Å². The van der Waals surface area contributed by atoms with Crippen LogP contribution in [0.15, 0.2) is 42.2 Å². The van der Waals surface area contributed by atoms with Crippen molar-refractivity contribution in [2.24, 2.45) is 0 Å². The van der Waals surface area contributed by atoms with Crippen LogP contribution in [-0.2, 0) is 0 Å². The summed E-state index contributed by atoms with van der Waals surface area (Å²) in [7, 11) is 0. The second-order valence-corrected chi connectivity index (χ2v) is 4.95. The van der Waals surface area contributed by atoms with Crippen molar-refractivity contribution in [3.8, 4) is 0 Å². The summed E-state index contributed by atoms with van der Waals surface area (Å²) in [4.78, 5) is 16.0. The average Bonchev–Trinajstić information content (AvgIpc) is 3.00. The molecule has 0 saturated carbocycles. The summed E-state index contributed by atoms with van der Waals surface area (Å²) in [5.41, 5.74) is 0.885. The monoisotopic (exact) mass is 245 g/mol. The van der Waals surface area contributed by atoms with Crippen LogP contribution in [0, 0.1) is 0 Å². The Morgan fingerprint density at radius 1 is 1.18 bits per heavy atom. The molecular weight excluding hydrogens is 234 g/mol. The van der Waals surface area contributed by atoms with Gasteiger partial charge in [0.15, 0.2) is 5.65 Å². The van der Waals surface area contributed by atoms with Gasteiger partial charge in [-0.3, -0.25) is 0 Å². The van der Waals surface area contributed by atoms with Crippen LogP contribution < -0.4 is 0 Å². The Bertz CT molecular complexity index is 616. The van der Waals surface area contributed by atoms with Crippen LogP contribution in [0.4, 0.5) is 0 Å². The molecule has 0 aromatic carbocycles. The average molecular weight is 245 g/mol. The highest BCUT2D eigenvalue weighted by Crippen LogP contribution is 2.33. The lowest BCUT2D eigenvalue weighted by Gasteiger charge is -2.08. The van der Waals surface area contributed by atoms with Gasteiger partial charge in [0, 0.05) is 37.2 Å². The van der Waals surface area contributed by atoms with Gasteiger partial charge in [0.25, 0.3) is 0 Å². The molecule has 0 radical (unpaired) electrons. The highest BCUT2D eigenvalue weighted by atomic mass is 32.2. The van der Waals surface area contributed by atoms with Crippen molar-refractivity contribution in [3.63, 3.8) is 0 Å². The molecule has 1 unspecified atom stereocenters. The first-order chi connectivity index (χ1) is 8.34. The maximum absolute atomic E-state index is 4.37. The highest BCUT2D eigenvalue weighted by molar-refractivity contribution is 7.99. The number of nitrogens with one attached hydrogen (secondary N) is 1.